The van der Waals surface area contributed by atoms with E-state index in [0.29, 0.717) is 12.8 Å². The van der Waals surface area contributed by atoms with Crippen LogP contribution in [-0.4, -0.2) is 42.1 Å². The first-order valence-corrected chi connectivity index (χ1v) is 18.1. The lowest BCUT2D eigenvalue weighted by atomic mass is 10.0. The topological polar surface area (TPSA) is 89.9 Å². The number of ketones is 1. The molecule has 0 aromatic rings. The van der Waals surface area contributed by atoms with Crippen LogP contribution in [0.4, 0.5) is 0 Å². The van der Waals surface area contributed by atoms with Crippen molar-refractivity contribution < 1.29 is 29.0 Å². The molecule has 258 valence electrons. The monoisotopic (exact) mass is 630 g/mol. The lowest BCUT2D eigenvalue weighted by Crippen LogP contribution is -2.25. The number of aliphatic hydroxyl groups excluding tert-OH is 1. The minimum absolute atomic E-state index is 0.0494. The molecule has 0 aliphatic carbocycles. The number of esters is 2. The fourth-order valence-corrected chi connectivity index (χ4v) is 4.74. The Bertz CT molecular complexity index is 825. The van der Waals surface area contributed by atoms with E-state index in [4.69, 9.17) is 9.47 Å². The van der Waals surface area contributed by atoms with Gasteiger partial charge in [0, 0.05) is 19.3 Å². The second-order valence-electron chi connectivity index (χ2n) is 12.0. The molecule has 0 saturated heterocycles. The molecule has 1 N–H and O–H groups in total. The van der Waals surface area contributed by atoms with Gasteiger partial charge in [0.2, 0.25) is 0 Å². The van der Waals surface area contributed by atoms with Gasteiger partial charge >= 0.3 is 11.9 Å². The third kappa shape index (κ3) is 34.2. The van der Waals surface area contributed by atoms with Crippen molar-refractivity contribution in [1.29, 1.82) is 0 Å². The molecular formula is C39H66O6. The number of carbonyl (C=O) groups excluding carboxylic acids is 3. The molecule has 0 radical (unpaired) electrons. The summed E-state index contributed by atoms with van der Waals surface area (Å²) < 4.78 is 10.2. The molecule has 0 saturated carbocycles. The van der Waals surface area contributed by atoms with Gasteiger partial charge in [0.1, 0.15) is 19.3 Å². The number of rotatable bonds is 32. The van der Waals surface area contributed by atoms with E-state index in [1.807, 2.05) is 12.2 Å². The second kappa shape index (κ2) is 34.4. The third-order valence-corrected chi connectivity index (χ3v) is 7.54. The van der Waals surface area contributed by atoms with E-state index in [2.05, 4.69) is 38.2 Å². The van der Waals surface area contributed by atoms with Gasteiger partial charge in [-0.05, 0) is 44.6 Å². The number of allylic oxidation sites excluding steroid dienone is 8. The molecule has 0 bridgehead atoms. The van der Waals surface area contributed by atoms with E-state index in [1.54, 1.807) is 6.08 Å². The second-order valence-corrected chi connectivity index (χ2v) is 12.0. The molecule has 0 unspecified atom stereocenters. The van der Waals surface area contributed by atoms with Gasteiger partial charge in [-0.25, -0.2) is 0 Å². The number of hydrogen-bond donors (Lipinski definition) is 1. The molecule has 6 nitrogen and oxygen atoms in total. The van der Waals surface area contributed by atoms with Crippen LogP contribution in [0.15, 0.2) is 48.6 Å². The van der Waals surface area contributed by atoms with Crippen molar-refractivity contribution in [2.45, 2.75) is 168 Å². The minimum Gasteiger partial charge on any atom is -0.463 e. The fraction of sp³-hybridized carbons (Fsp3) is 0.718. The molecule has 0 aromatic heterocycles. The molecule has 0 heterocycles. The highest BCUT2D eigenvalue weighted by atomic mass is 16.6. The maximum atomic E-state index is 12.0. The Labute approximate surface area is 275 Å². The molecule has 0 amide bonds. The number of ether oxygens (including phenoxy) is 2. The Hall–Kier alpha value is -2.47. The third-order valence-electron chi connectivity index (χ3n) is 7.54. The zero-order chi connectivity index (χ0) is 33.1. The van der Waals surface area contributed by atoms with Gasteiger partial charge in [0.05, 0.1) is 0 Å². The summed E-state index contributed by atoms with van der Waals surface area (Å²) in [6, 6.07) is 0. The molecule has 0 rings (SSSR count). The van der Waals surface area contributed by atoms with Gasteiger partial charge in [0.25, 0.3) is 0 Å². The van der Waals surface area contributed by atoms with E-state index in [-0.39, 0.29) is 37.8 Å². The number of hydrogen-bond acceptors (Lipinski definition) is 6. The van der Waals surface area contributed by atoms with E-state index >= 15 is 0 Å². The molecule has 0 fully saturated rings. The van der Waals surface area contributed by atoms with Gasteiger partial charge in [-0.15, -0.1) is 0 Å². The zero-order valence-electron chi connectivity index (χ0n) is 28.9. The lowest BCUT2D eigenvalue weighted by molar-refractivity contribution is -0.152. The molecule has 0 aliphatic rings. The van der Waals surface area contributed by atoms with Crippen LogP contribution in [0.25, 0.3) is 0 Å². The highest BCUT2D eigenvalue weighted by Crippen LogP contribution is 2.13. The molecular weight excluding hydrogens is 564 g/mol. The van der Waals surface area contributed by atoms with Crippen molar-refractivity contribution in [2.24, 2.45) is 0 Å². The first-order chi connectivity index (χ1) is 22.0. The average Bonchev–Trinajstić information content (AvgIpc) is 3.03. The van der Waals surface area contributed by atoms with Crippen molar-refractivity contribution in [3.8, 4) is 0 Å². The average molecular weight is 631 g/mol. The normalized spacial score (nSPS) is 12.6. The Balaban J connectivity index is 3.67. The van der Waals surface area contributed by atoms with Crippen LogP contribution in [0.2, 0.25) is 0 Å². The predicted octanol–water partition coefficient (Wildman–Crippen LogP) is 10.2. The summed E-state index contributed by atoms with van der Waals surface area (Å²) in [6.07, 6.45) is 38.7. The summed E-state index contributed by atoms with van der Waals surface area (Å²) in [5.41, 5.74) is 0. The highest BCUT2D eigenvalue weighted by molar-refractivity contribution is 5.90. The Kier molecular flexibility index (Phi) is 32.5. The van der Waals surface area contributed by atoms with Crippen molar-refractivity contribution in [3.63, 3.8) is 0 Å². The van der Waals surface area contributed by atoms with Crippen molar-refractivity contribution in [1.82, 2.24) is 0 Å². The van der Waals surface area contributed by atoms with Gasteiger partial charge in [-0.1, -0.05) is 146 Å². The molecule has 45 heavy (non-hydrogen) atoms. The fourth-order valence-electron chi connectivity index (χ4n) is 4.74. The Morgan fingerprint density at radius 3 is 1.58 bits per heavy atom. The molecule has 1 atom stereocenters. The summed E-state index contributed by atoms with van der Waals surface area (Å²) in [5.74, 6) is -0.861. The smallest absolute Gasteiger partial charge is 0.305 e. The molecule has 0 aliphatic heterocycles. The maximum Gasteiger partial charge on any atom is 0.305 e. The van der Waals surface area contributed by atoms with Crippen LogP contribution in [0.5, 0.6) is 0 Å². The standard InChI is InChI=1S/C39H66O6/c1-3-5-7-9-11-13-15-17-19-21-23-25-27-30-36(40)31-29-33-39(43)45-35-37(41)34-44-38(42)32-28-26-24-22-20-18-16-14-12-10-8-6-4-2/h11,13,17,19,23,25,27,30,37,41H,3-10,12,14-16,18,20-22,24,26,28-29,31-35H2,1-2H3/b13-11-,19-17-,25-23-,30-27+/t37-/m0/s1. The summed E-state index contributed by atoms with van der Waals surface area (Å²) >= 11 is 0. The van der Waals surface area contributed by atoms with E-state index in [1.165, 1.54) is 89.5 Å². The summed E-state index contributed by atoms with van der Waals surface area (Å²) in [5, 5.41) is 9.96. The first kappa shape index (κ1) is 42.5. The SMILES string of the molecule is CCCCC/C=C\C/C=C\C/C=C\C=C\C(=O)CCCC(=O)OC[C@@H](O)COC(=O)CCCCCCCCCCCCCCC. The maximum absolute atomic E-state index is 12.0. The van der Waals surface area contributed by atoms with Crippen LogP contribution in [0, 0.1) is 0 Å². The van der Waals surface area contributed by atoms with Crippen LogP contribution in [0.3, 0.4) is 0 Å². The minimum atomic E-state index is -1.05. The van der Waals surface area contributed by atoms with Crippen LogP contribution in [0.1, 0.15) is 162 Å². The molecule has 0 spiro atoms. The van der Waals surface area contributed by atoms with Crippen molar-refractivity contribution in [3.05, 3.63) is 48.6 Å². The number of carbonyl (C=O) groups is 3. The van der Waals surface area contributed by atoms with Crippen LogP contribution >= 0.6 is 0 Å². The van der Waals surface area contributed by atoms with Gasteiger partial charge in [-0.3, -0.25) is 14.4 Å². The van der Waals surface area contributed by atoms with Crippen molar-refractivity contribution >= 4 is 17.7 Å². The highest BCUT2D eigenvalue weighted by Gasteiger charge is 2.12. The summed E-state index contributed by atoms with van der Waals surface area (Å²) in [4.78, 5) is 35.8. The zero-order valence-corrected chi connectivity index (χ0v) is 28.9. The van der Waals surface area contributed by atoms with Gasteiger partial charge < -0.3 is 14.6 Å². The quantitative estimate of drug-likeness (QED) is 0.0261. The number of aliphatic hydroxyl groups is 1. The molecule has 6 heteroatoms. The Morgan fingerprint density at radius 1 is 0.533 bits per heavy atom. The van der Waals surface area contributed by atoms with E-state index < -0.39 is 12.1 Å². The summed E-state index contributed by atoms with van der Waals surface area (Å²) in [6.45, 7) is 4.05. The molecule has 0 aromatic carbocycles. The van der Waals surface area contributed by atoms with Crippen LogP contribution in [-0.2, 0) is 23.9 Å². The van der Waals surface area contributed by atoms with Crippen molar-refractivity contribution in [2.75, 3.05) is 13.2 Å². The first-order valence-electron chi connectivity index (χ1n) is 18.1. The number of unbranched alkanes of at least 4 members (excludes halogenated alkanes) is 15. The predicted molar refractivity (Wildman–Crippen MR) is 187 cm³/mol. The largest absolute Gasteiger partial charge is 0.463 e. The summed E-state index contributed by atoms with van der Waals surface area (Å²) in [7, 11) is 0. The van der Waals surface area contributed by atoms with Gasteiger partial charge in [-0.2, -0.15) is 0 Å². The lowest BCUT2D eigenvalue weighted by Gasteiger charge is -2.12. The Morgan fingerprint density at radius 2 is 1.00 bits per heavy atom. The van der Waals surface area contributed by atoms with E-state index in [9.17, 15) is 19.5 Å². The van der Waals surface area contributed by atoms with E-state index in [0.717, 1.165) is 38.5 Å². The van der Waals surface area contributed by atoms with Crippen LogP contribution < -0.4 is 0 Å². The van der Waals surface area contributed by atoms with Gasteiger partial charge in [0.15, 0.2) is 5.78 Å².